The Hall–Kier alpha value is -4.46. The Morgan fingerprint density at radius 1 is 1.06 bits per heavy atom. The highest BCUT2D eigenvalue weighted by atomic mass is 16.5. The zero-order chi connectivity index (χ0) is 22.8. The summed E-state index contributed by atoms with van der Waals surface area (Å²) < 4.78 is 5.37. The Kier molecular flexibility index (Phi) is 5.32. The summed E-state index contributed by atoms with van der Waals surface area (Å²) in [6, 6.07) is 19.2. The molecule has 1 unspecified atom stereocenters. The summed E-state index contributed by atoms with van der Waals surface area (Å²) in [6.45, 7) is 1.74. The van der Waals surface area contributed by atoms with Crippen molar-refractivity contribution < 1.29 is 14.4 Å². The number of urea groups is 1. The molecule has 2 aromatic heterocycles. The molecule has 0 radical (unpaired) electrons. The number of aromatic hydroxyl groups is 1. The minimum atomic E-state index is -0.484. The van der Waals surface area contributed by atoms with E-state index >= 15 is 0 Å². The van der Waals surface area contributed by atoms with Gasteiger partial charge in [0.25, 0.3) is 0 Å². The van der Waals surface area contributed by atoms with E-state index in [0.717, 1.165) is 11.1 Å². The van der Waals surface area contributed by atoms with Gasteiger partial charge in [0.15, 0.2) is 5.76 Å². The van der Waals surface area contributed by atoms with E-state index in [2.05, 4.69) is 20.6 Å². The van der Waals surface area contributed by atoms with E-state index in [1.54, 1.807) is 37.5 Å². The van der Waals surface area contributed by atoms with E-state index in [-0.39, 0.29) is 5.75 Å². The van der Waals surface area contributed by atoms with Crippen molar-refractivity contribution >= 4 is 17.4 Å². The zero-order valence-electron chi connectivity index (χ0n) is 17.8. The summed E-state index contributed by atoms with van der Waals surface area (Å²) in [5.74, 6) is 0.589. The van der Waals surface area contributed by atoms with Gasteiger partial charge < -0.3 is 14.9 Å². The highest BCUT2D eigenvalue weighted by Crippen LogP contribution is 2.38. The van der Waals surface area contributed by atoms with Crippen LogP contribution in [0.4, 0.5) is 10.5 Å². The first-order chi connectivity index (χ1) is 16.1. The summed E-state index contributed by atoms with van der Waals surface area (Å²) in [4.78, 5) is 17.6. The zero-order valence-corrected chi connectivity index (χ0v) is 17.8. The van der Waals surface area contributed by atoms with Gasteiger partial charge in [-0.05, 0) is 19.1 Å². The summed E-state index contributed by atoms with van der Waals surface area (Å²) in [6.07, 6.45) is 3.83. The van der Waals surface area contributed by atoms with Crippen molar-refractivity contribution in [2.45, 2.75) is 19.4 Å². The Morgan fingerprint density at radius 3 is 2.58 bits per heavy atom. The number of phenolic OH excluding ortho intramolecular Hbond substituents is 1. The van der Waals surface area contributed by atoms with Crippen LogP contribution in [0.2, 0.25) is 0 Å². The second-order valence-corrected chi connectivity index (χ2v) is 7.67. The van der Waals surface area contributed by atoms with Gasteiger partial charge in [0, 0.05) is 35.5 Å². The predicted molar refractivity (Wildman–Crippen MR) is 124 cm³/mol. The maximum absolute atomic E-state index is 13.5. The lowest BCUT2D eigenvalue weighted by molar-refractivity contribution is 0.199. The fourth-order valence-corrected chi connectivity index (χ4v) is 3.89. The number of phenols is 1. The van der Waals surface area contributed by atoms with Crippen molar-refractivity contribution in [2.24, 2.45) is 5.10 Å². The SMILES string of the molecule is Cc1onc(-c2ccccc2)c1NC(=O)N1N=C(c2cccnc2)CC1c1ccccc1O. The van der Waals surface area contributed by atoms with Crippen LogP contribution in [0.5, 0.6) is 5.75 Å². The molecule has 0 saturated carbocycles. The first-order valence-electron chi connectivity index (χ1n) is 10.5. The number of amides is 2. The molecule has 2 amide bonds. The van der Waals surface area contributed by atoms with E-state index in [4.69, 9.17) is 4.52 Å². The number of hydrogen-bond acceptors (Lipinski definition) is 6. The maximum atomic E-state index is 13.5. The molecular weight excluding hydrogens is 418 g/mol. The van der Waals surface area contributed by atoms with Gasteiger partial charge in [0.1, 0.15) is 17.1 Å². The number of aromatic nitrogens is 2. The van der Waals surface area contributed by atoms with Crippen LogP contribution in [0.3, 0.4) is 0 Å². The summed E-state index contributed by atoms with van der Waals surface area (Å²) in [5, 5.41) is 23.5. The largest absolute Gasteiger partial charge is 0.508 e. The van der Waals surface area contributed by atoms with Gasteiger partial charge in [-0.2, -0.15) is 5.10 Å². The Balaban J connectivity index is 1.50. The van der Waals surface area contributed by atoms with Crippen molar-refractivity contribution in [3.8, 4) is 17.0 Å². The molecule has 3 heterocycles. The van der Waals surface area contributed by atoms with Crippen molar-refractivity contribution in [1.82, 2.24) is 15.1 Å². The second-order valence-electron chi connectivity index (χ2n) is 7.67. The summed E-state index contributed by atoms with van der Waals surface area (Å²) in [7, 11) is 0. The number of carbonyl (C=O) groups is 1. The monoisotopic (exact) mass is 439 g/mol. The minimum Gasteiger partial charge on any atom is -0.508 e. The summed E-state index contributed by atoms with van der Waals surface area (Å²) >= 11 is 0. The van der Waals surface area contributed by atoms with Crippen LogP contribution in [0.25, 0.3) is 11.3 Å². The van der Waals surface area contributed by atoms with Crippen LogP contribution in [0.15, 0.2) is 88.7 Å². The average Bonchev–Trinajstić information content (AvgIpc) is 3.45. The molecule has 5 rings (SSSR count). The molecule has 2 N–H and O–H groups in total. The van der Waals surface area contributed by atoms with Crippen LogP contribution < -0.4 is 5.32 Å². The number of hydrazone groups is 1. The molecule has 0 aliphatic carbocycles. The molecule has 0 bridgehead atoms. The van der Waals surface area contributed by atoms with Crippen LogP contribution in [-0.2, 0) is 0 Å². The highest BCUT2D eigenvalue weighted by Gasteiger charge is 2.35. The van der Waals surface area contributed by atoms with E-state index in [1.807, 2.05) is 48.5 Å². The third kappa shape index (κ3) is 3.94. The molecule has 4 aromatic rings. The lowest BCUT2D eigenvalue weighted by atomic mass is 9.98. The van der Waals surface area contributed by atoms with E-state index < -0.39 is 12.1 Å². The summed E-state index contributed by atoms with van der Waals surface area (Å²) in [5.41, 5.74) is 3.98. The molecule has 8 nitrogen and oxygen atoms in total. The second kappa shape index (κ2) is 8.58. The van der Waals surface area contributed by atoms with Gasteiger partial charge in [0.05, 0.1) is 11.8 Å². The lowest BCUT2D eigenvalue weighted by Crippen LogP contribution is -2.31. The van der Waals surface area contributed by atoms with Crippen LogP contribution in [0.1, 0.15) is 29.3 Å². The quantitative estimate of drug-likeness (QED) is 0.459. The third-order valence-corrected chi connectivity index (χ3v) is 5.55. The number of pyridine rings is 1. The van der Waals surface area contributed by atoms with Gasteiger partial charge in [-0.1, -0.05) is 59.8 Å². The normalized spacial score (nSPS) is 15.4. The van der Waals surface area contributed by atoms with Crippen molar-refractivity contribution in [2.75, 3.05) is 5.32 Å². The molecule has 1 aliphatic heterocycles. The smallest absolute Gasteiger partial charge is 0.343 e. The topological polar surface area (TPSA) is 104 Å². The Labute approximate surface area is 190 Å². The fourth-order valence-electron chi connectivity index (χ4n) is 3.89. The number of benzene rings is 2. The third-order valence-electron chi connectivity index (χ3n) is 5.55. The number of anilines is 1. The van der Waals surface area contributed by atoms with Gasteiger partial charge in [0.2, 0.25) is 0 Å². The van der Waals surface area contributed by atoms with Gasteiger partial charge in [-0.3, -0.25) is 4.98 Å². The molecule has 2 aromatic carbocycles. The van der Waals surface area contributed by atoms with Crippen molar-refractivity contribution in [3.05, 3.63) is 96.0 Å². The van der Waals surface area contributed by atoms with Gasteiger partial charge >= 0.3 is 6.03 Å². The lowest BCUT2D eigenvalue weighted by Gasteiger charge is -2.23. The predicted octanol–water partition coefficient (Wildman–Crippen LogP) is 5.13. The number of para-hydroxylation sites is 1. The van der Waals surface area contributed by atoms with Crippen LogP contribution >= 0.6 is 0 Å². The number of hydrogen-bond donors (Lipinski definition) is 2. The molecular formula is C25H21N5O3. The van der Waals surface area contributed by atoms with Gasteiger partial charge in [-0.25, -0.2) is 9.80 Å². The number of nitrogens with zero attached hydrogens (tertiary/aromatic N) is 4. The number of rotatable bonds is 4. The molecule has 164 valence electrons. The molecule has 0 spiro atoms. The molecule has 8 heteroatoms. The molecule has 33 heavy (non-hydrogen) atoms. The molecule has 0 fully saturated rings. The molecule has 0 saturated heterocycles. The van der Waals surface area contributed by atoms with E-state index in [1.165, 1.54) is 5.01 Å². The fraction of sp³-hybridized carbons (Fsp3) is 0.120. The van der Waals surface area contributed by atoms with E-state index in [0.29, 0.717) is 34.8 Å². The minimum absolute atomic E-state index is 0.106. The van der Waals surface area contributed by atoms with Gasteiger partial charge in [-0.15, -0.1) is 0 Å². The maximum Gasteiger partial charge on any atom is 0.343 e. The standard InChI is InChI=1S/C25H21N5O3/c1-16-23(24(29-33-16)17-8-3-2-4-9-17)27-25(32)30-21(19-11-5-6-12-22(19)31)14-20(28-30)18-10-7-13-26-15-18/h2-13,15,21,31H,14H2,1H3,(H,27,32). The van der Waals surface area contributed by atoms with Crippen molar-refractivity contribution in [1.29, 1.82) is 0 Å². The molecule has 1 aliphatic rings. The Bertz CT molecular complexity index is 1320. The highest BCUT2D eigenvalue weighted by molar-refractivity contribution is 6.04. The number of aryl methyl sites for hydroxylation is 1. The number of carbonyl (C=O) groups excluding carboxylic acids is 1. The Morgan fingerprint density at radius 2 is 1.82 bits per heavy atom. The number of nitrogens with one attached hydrogen (secondary N) is 1. The molecule has 1 atom stereocenters. The van der Waals surface area contributed by atoms with E-state index in [9.17, 15) is 9.90 Å². The van der Waals surface area contributed by atoms with Crippen LogP contribution in [-0.4, -0.2) is 32.0 Å². The average molecular weight is 439 g/mol. The van der Waals surface area contributed by atoms with Crippen molar-refractivity contribution in [3.63, 3.8) is 0 Å². The first kappa shape index (κ1) is 20.4. The van der Waals surface area contributed by atoms with Crippen LogP contribution in [0, 0.1) is 6.92 Å². The first-order valence-corrected chi connectivity index (χ1v) is 10.5.